The quantitative estimate of drug-likeness (QED) is 0.759. The fourth-order valence-electron chi connectivity index (χ4n) is 2.00. The van der Waals surface area contributed by atoms with E-state index in [1.165, 1.54) is 11.1 Å². The first-order valence-corrected chi connectivity index (χ1v) is 5.18. The third-order valence-corrected chi connectivity index (χ3v) is 2.79. The van der Waals surface area contributed by atoms with E-state index < -0.39 is 0 Å². The molecule has 0 saturated heterocycles. The summed E-state index contributed by atoms with van der Waals surface area (Å²) in [4.78, 5) is 11.3. The van der Waals surface area contributed by atoms with Crippen LogP contribution in [-0.2, 0) is 11.2 Å². The van der Waals surface area contributed by atoms with Gasteiger partial charge in [-0.2, -0.15) is 0 Å². The molecule has 1 N–H and O–H groups in total. The molecule has 1 aliphatic rings. The van der Waals surface area contributed by atoms with Gasteiger partial charge in [0, 0.05) is 6.42 Å². The summed E-state index contributed by atoms with van der Waals surface area (Å²) in [5.74, 6) is 0.145. The lowest BCUT2D eigenvalue weighted by atomic mass is 10.1. The van der Waals surface area contributed by atoms with Gasteiger partial charge in [0.1, 0.15) is 0 Å². The average Bonchev–Trinajstić information content (AvgIpc) is 2.62. The van der Waals surface area contributed by atoms with Crippen molar-refractivity contribution in [2.75, 3.05) is 0 Å². The van der Waals surface area contributed by atoms with E-state index >= 15 is 0 Å². The van der Waals surface area contributed by atoms with Crippen LogP contribution in [0.5, 0.6) is 0 Å². The largest absolute Gasteiger partial charge is 0.349 e. The van der Waals surface area contributed by atoms with Gasteiger partial charge >= 0.3 is 0 Å². The van der Waals surface area contributed by atoms with Crippen LogP contribution in [0, 0.1) is 0 Å². The number of aryl methyl sites for hydroxylation is 1. The van der Waals surface area contributed by atoms with E-state index in [-0.39, 0.29) is 11.9 Å². The molecular weight excluding hydrogens is 174 g/mol. The Morgan fingerprint density at radius 2 is 2.29 bits per heavy atom. The first kappa shape index (κ1) is 9.25. The molecule has 0 radical (unpaired) electrons. The highest BCUT2D eigenvalue weighted by Crippen LogP contribution is 2.30. The molecule has 14 heavy (non-hydrogen) atoms. The molecule has 1 atom stereocenters. The summed E-state index contributed by atoms with van der Waals surface area (Å²) in [6, 6.07) is 8.60. The van der Waals surface area contributed by atoms with Gasteiger partial charge in [-0.15, -0.1) is 0 Å². The fraction of sp³-hybridized carbons (Fsp3) is 0.417. The highest BCUT2D eigenvalue weighted by Gasteiger charge is 2.22. The number of carbonyl (C=O) groups is 1. The minimum absolute atomic E-state index is 0.145. The molecule has 0 heterocycles. The Morgan fingerprint density at radius 3 is 3.07 bits per heavy atom. The van der Waals surface area contributed by atoms with E-state index in [9.17, 15) is 4.79 Å². The van der Waals surface area contributed by atoms with Crippen LogP contribution >= 0.6 is 0 Å². The van der Waals surface area contributed by atoms with Crippen molar-refractivity contribution in [2.45, 2.75) is 32.2 Å². The summed E-state index contributed by atoms with van der Waals surface area (Å²) in [5.41, 5.74) is 2.68. The molecule has 2 heteroatoms. The number of rotatable bonds is 2. The first-order chi connectivity index (χ1) is 6.81. The van der Waals surface area contributed by atoms with Gasteiger partial charge in [-0.3, -0.25) is 4.79 Å². The molecule has 1 amide bonds. The molecular formula is C12H15NO. The van der Waals surface area contributed by atoms with Crippen molar-refractivity contribution in [3.8, 4) is 0 Å². The number of hydrogen-bond donors (Lipinski definition) is 1. The number of nitrogens with one attached hydrogen (secondary N) is 1. The maximum Gasteiger partial charge on any atom is 0.220 e. The molecule has 0 fully saturated rings. The van der Waals surface area contributed by atoms with Crippen LogP contribution in [0.4, 0.5) is 0 Å². The van der Waals surface area contributed by atoms with Crippen LogP contribution in [0.1, 0.15) is 36.9 Å². The summed E-state index contributed by atoms with van der Waals surface area (Å²) < 4.78 is 0. The second-order valence-electron chi connectivity index (χ2n) is 3.71. The van der Waals surface area contributed by atoms with Gasteiger partial charge in [-0.05, 0) is 24.0 Å². The van der Waals surface area contributed by atoms with Gasteiger partial charge in [0.05, 0.1) is 6.04 Å². The van der Waals surface area contributed by atoms with Gasteiger partial charge in [0.15, 0.2) is 0 Å². The number of benzene rings is 1. The van der Waals surface area contributed by atoms with Crippen LogP contribution < -0.4 is 5.32 Å². The molecule has 0 bridgehead atoms. The Morgan fingerprint density at radius 1 is 1.50 bits per heavy atom. The summed E-state index contributed by atoms with van der Waals surface area (Å²) in [6.45, 7) is 1.89. The van der Waals surface area contributed by atoms with E-state index in [1.54, 1.807) is 0 Å². The third kappa shape index (κ3) is 1.65. The molecule has 74 valence electrons. The molecule has 0 saturated carbocycles. The Bertz CT molecular complexity index is 346. The normalized spacial score (nSPS) is 19.1. The Labute approximate surface area is 84.3 Å². The average molecular weight is 189 g/mol. The van der Waals surface area contributed by atoms with Crippen molar-refractivity contribution < 1.29 is 4.79 Å². The highest BCUT2D eigenvalue weighted by atomic mass is 16.1. The Balaban J connectivity index is 2.14. The zero-order valence-corrected chi connectivity index (χ0v) is 8.42. The molecule has 0 aliphatic heterocycles. The predicted molar refractivity (Wildman–Crippen MR) is 55.9 cm³/mol. The molecule has 2 rings (SSSR count). The standard InChI is InChI=1S/C12H15NO/c1-2-12(14)13-11-8-7-9-5-3-4-6-10(9)11/h3-6,11H,2,7-8H2,1H3,(H,13,14)/t11-/m1/s1. The highest BCUT2D eigenvalue weighted by molar-refractivity contribution is 5.76. The summed E-state index contributed by atoms with van der Waals surface area (Å²) >= 11 is 0. The lowest BCUT2D eigenvalue weighted by molar-refractivity contribution is -0.121. The van der Waals surface area contributed by atoms with Crippen LogP contribution in [0.3, 0.4) is 0 Å². The molecule has 1 aromatic rings. The fourth-order valence-corrected chi connectivity index (χ4v) is 2.00. The molecule has 2 nitrogen and oxygen atoms in total. The third-order valence-electron chi connectivity index (χ3n) is 2.79. The molecule has 1 aromatic carbocycles. The maximum absolute atomic E-state index is 11.3. The van der Waals surface area contributed by atoms with Crippen molar-refractivity contribution >= 4 is 5.91 Å². The van der Waals surface area contributed by atoms with E-state index in [4.69, 9.17) is 0 Å². The zero-order valence-electron chi connectivity index (χ0n) is 8.42. The summed E-state index contributed by atoms with van der Waals surface area (Å²) in [7, 11) is 0. The number of carbonyl (C=O) groups excluding carboxylic acids is 1. The van der Waals surface area contributed by atoms with Crippen LogP contribution in [0.2, 0.25) is 0 Å². The minimum atomic E-state index is 0.145. The Kier molecular flexibility index (Phi) is 2.53. The van der Waals surface area contributed by atoms with E-state index in [2.05, 4.69) is 23.5 Å². The van der Waals surface area contributed by atoms with Crippen molar-refractivity contribution in [3.63, 3.8) is 0 Å². The smallest absolute Gasteiger partial charge is 0.220 e. The van der Waals surface area contributed by atoms with Gasteiger partial charge in [-0.1, -0.05) is 31.2 Å². The van der Waals surface area contributed by atoms with Crippen LogP contribution in [0.25, 0.3) is 0 Å². The van der Waals surface area contributed by atoms with Gasteiger partial charge in [0.2, 0.25) is 5.91 Å². The second-order valence-corrected chi connectivity index (χ2v) is 3.71. The first-order valence-electron chi connectivity index (χ1n) is 5.18. The van der Waals surface area contributed by atoms with Crippen molar-refractivity contribution in [3.05, 3.63) is 35.4 Å². The molecule has 0 aromatic heterocycles. The number of hydrogen-bond acceptors (Lipinski definition) is 1. The van der Waals surface area contributed by atoms with Crippen LogP contribution in [0.15, 0.2) is 24.3 Å². The summed E-state index contributed by atoms with van der Waals surface area (Å²) in [5, 5.41) is 3.05. The molecule has 1 aliphatic carbocycles. The van der Waals surface area contributed by atoms with Crippen LogP contribution in [-0.4, -0.2) is 5.91 Å². The van der Waals surface area contributed by atoms with Gasteiger partial charge in [0.25, 0.3) is 0 Å². The second kappa shape index (κ2) is 3.82. The molecule has 0 unspecified atom stereocenters. The number of fused-ring (bicyclic) bond motifs is 1. The lowest BCUT2D eigenvalue weighted by Gasteiger charge is -2.12. The monoisotopic (exact) mass is 189 g/mol. The number of amides is 1. The zero-order chi connectivity index (χ0) is 9.97. The summed E-state index contributed by atoms with van der Waals surface area (Å²) in [6.07, 6.45) is 2.70. The van der Waals surface area contributed by atoms with Crippen molar-refractivity contribution in [1.29, 1.82) is 0 Å². The topological polar surface area (TPSA) is 29.1 Å². The van der Waals surface area contributed by atoms with Gasteiger partial charge in [-0.25, -0.2) is 0 Å². The predicted octanol–water partition coefficient (Wildman–Crippen LogP) is 2.20. The lowest BCUT2D eigenvalue weighted by Crippen LogP contribution is -2.26. The SMILES string of the molecule is CCC(=O)N[C@@H]1CCc2ccccc21. The van der Waals surface area contributed by atoms with E-state index in [0.29, 0.717) is 6.42 Å². The minimum Gasteiger partial charge on any atom is -0.349 e. The van der Waals surface area contributed by atoms with Gasteiger partial charge < -0.3 is 5.32 Å². The van der Waals surface area contributed by atoms with E-state index in [1.807, 2.05) is 13.0 Å². The van der Waals surface area contributed by atoms with Crippen molar-refractivity contribution in [1.82, 2.24) is 5.32 Å². The van der Waals surface area contributed by atoms with E-state index in [0.717, 1.165) is 12.8 Å². The van der Waals surface area contributed by atoms with Crippen molar-refractivity contribution in [2.24, 2.45) is 0 Å². The maximum atomic E-state index is 11.3. The Hall–Kier alpha value is -1.31. The molecule has 0 spiro atoms.